The Bertz CT molecular complexity index is 198. The number of aliphatic hydroxyl groups is 1. The molecular formula is C10H20N2O2. The fourth-order valence-corrected chi connectivity index (χ4v) is 1.43. The molecule has 1 heterocycles. The molecule has 0 radical (unpaired) electrons. The van der Waals surface area contributed by atoms with E-state index in [1.807, 2.05) is 6.92 Å². The van der Waals surface area contributed by atoms with Gasteiger partial charge in [0.1, 0.15) is 0 Å². The van der Waals surface area contributed by atoms with Gasteiger partial charge in [0.15, 0.2) is 0 Å². The van der Waals surface area contributed by atoms with E-state index in [1.54, 1.807) is 6.92 Å². The summed E-state index contributed by atoms with van der Waals surface area (Å²) in [7, 11) is 0. The van der Waals surface area contributed by atoms with Crippen LogP contribution in [0.5, 0.6) is 0 Å². The van der Waals surface area contributed by atoms with Gasteiger partial charge in [-0.15, -0.1) is 0 Å². The van der Waals surface area contributed by atoms with E-state index >= 15 is 0 Å². The number of hydrogen-bond acceptors (Lipinski definition) is 3. The second-order valence-corrected chi connectivity index (χ2v) is 4.22. The van der Waals surface area contributed by atoms with Gasteiger partial charge in [-0.25, -0.2) is 0 Å². The van der Waals surface area contributed by atoms with Crippen LogP contribution in [-0.2, 0) is 4.79 Å². The minimum Gasteiger partial charge on any atom is -0.388 e. The van der Waals surface area contributed by atoms with Gasteiger partial charge in [0.25, 0.3) is 0 Å². The van der Waals surface area contributed by atoms with Crippen molar-refractivity contribution in [3.8, 4) is 0 Å². The predicted octanol–water partition coefficient (Wildman–Crippen LogP) is 0.0156. The SMILES string of the molecule is CCC(C)(O)CNC(=O)C1CCCN1. The molecule has 0 aromatic rings. The Morgan fingerprint density at radius 1 is 1.71 bits per heavy atom. The van der Waals surface area contributed by atoms with E-state index < -0.39 is 5.60 Å². The number of hydrogen-bond donors (Lipinski definition) is 3. The molecule has 1 fully saturated rings. The maximum absolute atomic E-state index is 11.5. The van der Waals surface area contributed by atoms with Crippen molar-refractivity contribution in [3.63, 3.8) is 0 Å². The lowest BCUT2D eigenvalue weighted by atomic mass is 10.0. The van der Waals surface area contributed by atoms with Gasteiger partial charge in [-0.2, -0.15) is 0 Å². The van der Waals surface area contributed by atoms with Crippen molar-refractivity contribution in [3.05, 3.63) is 0 Å². The van der Waals surface area contributed by atoms with Gasteiger partial charge in [0.2, 0.25) is 5.91 Å². The molecule has 2 unspecified atom stereocenters. The average Bonchev–Trinajstić information content (AvgIpc) is 2.67. The van der Waals surface area contributed by atoms with Gasteiger partial charge >= 0.3 is 0 Å². The maximum Gasteiger partial charge on any atom is 0.237 e. The van der Waals surface area contributed by atoms with Crippen LogP contribution in [-0.4, -0.2) is 35.7 Å². The van der Waals surface area contributed by atoms with Crippen LogP contribution >= 0.6 is 0 Å². The molecule has 82 valence electrons. The van der Waals surface area contributed by atoms with Crippen LogP contribution in [0.3, 0.4) is 0 Å². The van der Waals surface area contributed by atoms with Crippen LogP contribution in [0.15, 0.2) is 0 Å². The monoisotopic (exact) mass is 200 g/mol. The molecule has 2 atom stereocenters. The minimum absolute atomic E-state index is 0.0104. The van der Waals surface area contributed by atoms with Gasteiger partial charge in [-0.05, 0) is 32.7 Å². The normalized spacial score (nSPS) is 25.8. The smallest absolute Gasteiger partial charge is 0.237 e. The third-order valence-electron chi connectivity index (χ3n) is 2.78. The first-order chi connectivity index (χ1) is 6.55. The Morgan fingerprint density at radius 3 is 2.93 bits per heavy atom. The fraction of sp³-hybridized carbons (Fsp3) is 0.900. The van der Waals surface area contributed by atoms with E-state index in [0.717, 1.165) is 19.4 Å². The zero-order valence-electron chi connectivity index (χ0n) is 8.97. The first kappa shape index (κ1) is 11.5. The van der Waals surface area contributed by atoms with E-state index in [9.17, 15) is 9.90 Å². The van der Waals surface area contributed by atoms with Crippen molar-refractivity contribution < 1.29 is 9.90 Å². The summed E-state index contributed by atoms with van der Waals surface area (Å²) in [6.45, 7) is 4.89. The summed E-state index contributed by atoms with van der Waals surface area (Å²) in [4.78, 5) is 11.5. The molecule has 3 N–H and O–H groups in total. The Balaban J connectivity index is 2.27. The summed E-state index contributed by atoms with van der Waals surface area (Å²) in [5, 5.41) is 15.6. The van der Waals surface area contributed by atoms with Gasteiger partial charge < -0.3 is 15.7 Å². The highest BCUT2D eigenvalue weighted by atomic mass is 16.3. The third-order valence-corrected chi connectivity index (χ3v) is 2.78. The van der Waals surface area contributed by atoms with Crippen LogP contribution in [0.25, 0.3) is 0 Å². The van der Waals surface area contributed by atoms with Crippen molar-refractivity contribution in [1.29, 1.82) is 0 Å². The molecule has 4 nitrogen and oxygen atoms in total. The lowest BCUT2D eigenvalue weighted by Crippen LogP contribution is -2.46. The molecule has 0 aromatic carbocycles. The molecule has 4 heteroatoms. The molecule has 1 amide bonds. The van der Waals surface area contributed by atoms with Gasteiger partial charge in [0.05, 0.1) is 11.6 Å². The topological polar surface area (TPSA) is 61.4 Å². The quantitative estimate of drug-likeness (QED) is 0.599. The highest BCUT2D eigenvalue weighted by Gasteiger charge is 2.24. The van der Waals surface area contributed by atoms with Crippen LogP contribution in [0, 0.1) is 0 Å². The maximum atomic E-state index is 11.5. The van der Waals surface area contributed by atoms with Crippen molar-refractivity contribution in [2.24, 2.45) is 0 Å². The van der Waals surface area contributed by atoms with Crippen LogP contribution in [0.4, 0.5) is 0 Å². The summed E-state index contributed by atoms with van der Waals surface area (Å²) in [6, 6.07) is -0.0531. The molecule has 0 bridgehead atoms. The molecular weight excluding hydrogens is 180 g/mol. The Labute approximate surface area is 85.1 Å². The van der Waals surface area contributed by atoms with E-state index in [-0.39, 0.29) is 11.9 Å². The number of nitrogens with one attached hydrogen (secondary N) is 2. The Kier molecular flexibility index (Phi) is 3.89. The highest BCUT2D eigenvalue weighted by molar-refractivity contribution is 5.82. The van der Waals surface area contributed by atoms with E-state index in [2.05, 4.69) is 10.6 Å². The summed E-state index contributed by atoms with van der Waals surface area (Å²) < 4.78 is 0. The molecule has 0 aliphatic carbocycles. The number of amides is 1. The first-order valence-corrected chi connectivity index (χ1v) is 5.28. The number of rotatable bonds is 4. The summed E-state index contributed by atoms with van der Waals surface area (Å²) in [6.07, 6.45) is 2.60. The predicted molar refractivity (Wildman–Crippen MR) is 54.9 cm³/mol. The molecule has 0 aromatic heterocycles. The molecule has 1 saturated heterocycles. The summed E-state index contributed by atoms with van der Waals surface area (Å²) in [5.74, 6) is 0.0104. The Morgan fingerprint density at radius 2 is 2.43 bits per heavy atom. The Hall–Kier alpha value is -0.610. The average molecular weight is 200 g/mol. The van der Waals surface area contributed by atoms with Crippen molar-refractivity contribution >= 4 is 5.91 Å². The molecule has 0 spiro atoms. The standard InChI is InChI=1S/C10H20N2O2/c1-3-10(2,14)7-12-9(13)8-5-4-6-11-8/h8,11,14H,3-7H2,1-2H3,(H,12,13). The third kappa shape index (κ3) is 3.27. The van der Waals surface area contributed by atoms with Gasteiger partial charge in [-0.1, -0.05) is 6.92 Å². The lowest BCUT2D eigenvalue weighted by molar-refractivity contribution is -0.123. The van der Waals surface area contributed by atoms with Crippen molar-refractivity contribution in [2.75, 3.05) is 13.1 Å². The first-order valence-electron chi connectivity index (χ1n) is 5.28. The highest BCUT2D eigenvalue weighted by Crippen LogP contribution is 2.08. The zero-order chi connectivity index (χ0) is 10.6. The van der Waals surface area contributed by atoms with E-state index in [0.29, 0.717) is 13.0 Å². The molecule has 1 aliphatic heterocycles. The van der Waals surface area contributed by atoms with Gasteiger partial charge in [-0.3, -0.25) is 4.79 Å². The molecule has 1 rings (SSSR count). The van der Waals surface area contributed by atoms with Crippen LogP contribution < -0.4 is 10.6 Å². The minimum atomic E-state index is -0.783. The van der Waals surface area contributed by atoms with Crippen molar-refractivity contribution in [1.82, 2.24) is 10.6 Å². The lowest BCUT2D eigenvalue weighted by Gasteiger charge is -2.22. The second-order valence-electron chi connectivity index (χ2n) is 4.22. The van der Waals surface area contributed by atoms with E-state index in [1.165, 1.54) is 0 Å². The molecule has 14 heavy (non-hydrogen) atoms. The van der Waals surface area contributed by atoms with Crippen LogP contribution in [0.2, 0.25) is 0 Å². The second kappa shape index (κ2) is 4.75. The fourth-order valence-electron chi connectivity index (χ4n) is 1.43. The number of carbonyl (C=O) groups excluding carboxylic acids is 1. The van der Waals surface area contributed by atoms with E-state index in [4.69, 9.17) is 0 Å². The number of carbonyl (C=O) groups is 1. The molecule has 1 aliphatic rings. The summed E-state index contributed by atoms with van der Waals surface area (Å²) >= 11 is 0. The largest absolute Gasteiger partial charge is 0.388 e. The van der Waals surface area contributed by atoms with Gasteiger partial charge in [0, 0.05) is 6.54 Å². The van der Waals surface area contributed by atoms with Crippen LogP contribution in [0.1, 0.15) is 33.1 Å². The zero-order valence-corrected chi connectivity index (χ0v) is 8.97. The summed E-state index contributed by atoms with van der Waals surface area (Å²) in [5.41, 5.74) is -0.783. The molecule has 0 saturated carbocycles. The van der Waals surface area contributed by atoms with Crippen molar-refractivity contribution in [2.45, 2.75) is 44.8 Å².